The molecule has 2 unspecified atom stereocenters. The third-order valence-electron chi connectivity index (χ3n) is 3.89. The summed E-state index contributed by atoms with van der Waals surface area (Å²) in [5.41, 5.74) is 1.12. The van der Waals surface area contributed by atoms with Crippen molar-refractivity contribution in [2.75, 3.05) is 13.7 Å². The van der Waals surface area contributed by atoms with Crippen LogP contribution in [0.5, 0.6) is 0 Å². The number of ether oxygens (including phenoxy) is 1. The first-order valence-corrected chi connectivity index (χ1v) is 6.77. The van der Waals surface area contributed by atoms with Gasteiger partial charge in [0.15, 0.2) is 0 Å². The predicted molar refractivity (Wildman–Crippen MR) is 74.7 cm³/mol. The molecule has 2 nitrogen and oxygen atoms in total. The molecule has 2 aromatic carbocycles. The van der Waals surface area contributed by atoms with E-state index >= 15 is 0 Å². The van der Waals surface area contributed by atoms with Crippen molar-refractivity contribution in [1.82, 2.24) is 5.32 Å². The number of benzene rings is 2. The van der Waals surface area contributed by atoms with E-state index in [1.165, 1.54) is 0 Å². The van der Waals surface area contributed by atoms with Gasteiger partial charge in [-0.3, -0.25) is 0 Å². The molecule has 1 fully saturated rings. The number of fused-ring (bicyclic) bond motifs is 1. The highest BCUT2D eigenvalue weighted by Crippen LogP contribution is 2.32. The van der Waals surface area contributed by atoms with Crippen LogP contribution in [0.2, 0.25) is 0 Å². The fraction of sp³-hybridized carbons (Fsp3) is 0.375. The van der Waals surface area contributed by atoms with Crippen LogP contribution in [0.4, 0.5) is 4.39 Å². The highest BCUT2D eigenvalue weighted by atomic mass is 19.1. The molecule has 3 rings (SSSR count). The Kier molecular flexibility index (Phi) is 3.49. The molecule has 0 aromatic heterocycles. The topological polar surface area (TPSA) is 21.3 Å². The minimum atomic E-state index is -0.165. The van der Waals surface area contributed by atoms with Crippen LogP contribution in [0, 0.1) is 5.82 Å². The SMILES string of the molecule is CNC(c1ccc(F)c2ccccc12)C1CCCO1. The quantitative estimate of drug-likeness (QED) is 0.912. The second kappa shape index (κ2) is 5.27. The largest absolute Gasteiger partial charge is 0.376 e. The zero-order valence-corrected chi connectivity index (χ0v) is 11.0. The minimum Gasteiger partial charge on any atom is -0.376 e. The Morgan fingerprint density at radius 2 is 2.00 bits per heavy atom. The molecule has 1 heterocycles. The van der Waals surface area contributed by atoms with Gasteiger partial charge in [0, 0.05) is 12.0 Å². The molecule has 3 heteroatoms. The van der Waals surface area contributed by atoms with Crippen molar-refractivity contribution < 1.29 is 9.13 Å². The van der Waals surface area contributed by atoms with E-state index in [-0.39, 0.29) is 18.0 Å². The van der Waals surface area contributed by atoms with Gasteiger partial charge < -0.3 is 10.1 Å². The Hall–Kier alpha value is -1.45. The molecule has 1 aliphatic heterocycles. The van der Waals surface area contributed by atoms with Gasteiger partial charge in [0.05, 0.1) is 12.1 Å². The molecular formula is C16H18FNO. The molecule has 2 atom stereocenters. The van der Waals surface area contributed by atoms with E-state index in [4.69, 9.17) is 4.74 Å². The van der Waals surface area contributed by atoms with E-state index in [0.29, 0.717) is 5.39 Å². The zero-order valence-electron chi connectivity index (χ0n) is 11.0. The van der Waals surface area contributed by atoms with Gasteiger partial charge >= 0.3 is 0 Å². The van der Waals surface area contributed by atoms with Crippen LogP contribution in [0.1, 0.15) is 24.4 Å². The van der Waals surface area contributed by atoms with E-state index in [1.54, 1.807) is 6.07 Å². The van der Waals surface area contributed by atoms with Crippen molar-refractivity contribution >= 4 is 10.8 Å². The number of halogens is 1. The molecule has 0 saturated carbocycles. The van der Waals surface area contributed by atoms with E-state index in [0.717, 1.165) is 30.4 Å². The lowest BCUT2D eigenvalue weighted by atomic mass is 9.94. The van der Waals surface area contributed by atoms with Crippen LogP contribution in [0.25, 0.3) is 10.8 Å². The molecule has 0 radical (unpaired) electrons. The lowest BCUT2D eigenvalue weighted by Crippen LogP contribution is -2.29. The van der Waals surface area contributed by atoms with Gasteiger partial charge in [-0.1, -0.05) is 30.3 Å². The maximum absolute atomic E-state index is 13.9. The van der Waals surface area contributed by atoms with Crippen molar-refractivity contribution in [2.24, 2.45) is 0 Å². The summed E-state index contributed by atoms with van der Waals surface area (Å²) in [6.45, 7) is 0.821. The molecule has 100 valence electrons. The van der Waals surface area contributed by atoms with Crippen molar-refractivity contribution in [2.45, 2.75) is 25.0 Å². The first-order chi connectivity index (χ1) is 9.31. The third-order valence-corrected chi connectivity index (χ3v) is 3.89. The van der Waals surface area contributed by atoms with Crippen LogP contribution in [0.15, 0.2) is 36.4 Å². The highest BCUT2D eigenvalue weighted by Gasteiger charge is 2.27. The van der Waals surface area contributed by atoms with Gasteiger partial charge in [-0.25, -0.2) is 4.39 Å². The highest BCUT2D eigenvalue weighted by molar-refractivity contribution is 5.86. The summed E-state index contributed by atoms with van der Waals surface area (Å²) >= 11 is 0. The normalized spacial score (nSPS) is 20.8. The number of hydrogen-bond acceptors (Lipinski definition) is 2. The van der Waals surface area contributed by atoms with Crippen LogP contribution in [-0.2, 0) is 4.74 Å². The molecular weight excluding hydrogens is 241 g/mol. The number of hydrogen-bond donors (Lipinski definition) is 1. The Balaban J connectivity index is 2.10. The summed E-state index contributed by atoms with van der Waals surface area (Å²) in [6, 6.07) is 11.2. The predicted octanol–water partition coefficient (Wildman–Crippen LogP) is 3.42. The van der Waals surface area contributed by atoms with E-state index in [9.17, 15) is 4.39 Å². The standard InChI is InChI=1S/C16H18FNO/c1-18-16(15-7-4-10-19-15)13-8-9-14(17)12-6-3-2-5-11(12)13/h2-3,5-6,8-9,15-16,18H,4,7,10H2,1H3. The van der Waals surface area contributed by atoms with Crippen molar-refractivity contribution in [3.63, 3.8) is 0 Å². The zero-order chi connectivity index (χ0) is 13.2. The van der Waals surface area contributed by atoms with Crippen LogP contribution >= 0.6 is 0 Å². The molecule has 19 heavy (non-hydrogen) atoms. The maximum Gasteiger partial charge on any atom is 0.131 e. The first kappa shape index (κ1) is 12.6. The van der Waals surface area contributed by atoms with E-state index < -0.39 is 0 Å². The lowest BCUT2D eigenvalue weighted by Gasteiger charge is -2.24. The smallest absolute Gasteiger partial charge is 0.131 e. The Bertz CT molecular complexity index is 578. The van der Waals surface area contributed by atoms with Crippen molar-refractivity contribution in [3.8, 4) is 0 Å². The van der Waals surface area contributed by atoms with Gasteiger partial charge in [-0.05, 0) is 36.9 Å². The molecule has 1 saturated heterocycles. The maximum atomic E-state index is 13.9. The van der Waals surface area contributed by atoms with Crippen LogP contribution in [0.3, 0.4) is 0 Å². The molecule has 0 spiro atoms. The van der Waals surface area contributed by atoms with Gasteiger partial charge in [0.1, 0.15) is 5.82 Å². The fourth-order valence-electron chi connectivity index (χ4n) is 2.96. The Labute approximate surface area is 112 Å². The Morgan fingerprint density at radius 1 is 1.21 bits per heavy atom. The van der Waals surface area contributed by atoms with Crippen molar-refractivity contribution in [1.29, 1.82) is 0 Å². The summed E-state index contributed by atoms with van der Waals surface area (Å²) in [5, 5.41) is 4.97. The monoisotopic (exact) mass is 259 g/mol. The van der Waals surface area contributed by atoms with Gasteiger partial charge in [-0.15, -0.1) is 0 Å². The summed E-state index contributed by atoms with van der Waals surface area (Å²) in [7, 11) is 1.93. The molecule has 0 bridgehead atoms. The number of nitrogens with one attached hydrogen (secondary N) is 1. The first-order valence-electron chi connectivity index (χ1n) is 6.77. The van der Waals surface area contributed by atoms with E-state index in [2.05, 4.69) is 5.32 Å². The molecule has 1 N–H and O–H groups in total. The summed E-state index contributed by atoms with van der Waals surface area (Å²) in [4.78, 5) is 0. The van der Waals surface area contributed by atoms with E-state index in [1.807, 2.05) is 37.4 Å². The lowest BCUT2D eigenvalue weighted by molar-refractivity contribution is 0.0811. The second-order valence-electron chi connectivity index (χ2n) is 5.00. The summed E-state index contributed by atoms with van der Waals surface area (Å²) in [5.74, 6) is -0.165. The van der Waals surface area contributed by atoms with Crippen LogP contribution < -0.4 is 5.32 Å². The van der Waals surface area contributed by atoms with Gasteiger partial charge in [0.25, 0.3) is 0 Å². The molecule has 2 aromatic rings. The van der Waals surface area contributed by atoms with Crippen LogP contribution in [-0.4, -0.2) is 19.8 Å². The molecule has 0 aliphatic carbocycles. The fourth-order valence-corrected chi connectivity index (χ4v) is 2.96. The molecule has 1 aliphatic rings. The second-order valence-corrected chi connectivity index (χ2v) is 5.00. The average molecular weight is 259 g/mol. The van der Waals surface area contributed by atoms with Gasteiger partial charge in [-0.2, -0.15) is 0 Å². The Morgan fingerprint density at radius 3 is 2.68 bits per heavy atom. The summed E-state index contributed by atoms with van der Waals surface area (Å²) < 4.78 is 19.6. The number of likely N-dealkylation sites (N-methyl/N-ethyl adjacent to an activating group) is 1. The minimum absolute atomic E-state index is 0.119. The summed E-state index contributed by atoms with van der Waals surface area (Å²) in [6.07, 6.45) is 2.33. The molecule has 0 amide bonds. The van der Waals surface area contributed by atoms with Crippen molar-refractivity contribution in [3.05, 3.63) is 47.8 Å². The third kappa shape index (κ3) is 2.24. The number of rotatable bonds is 3. The average Bonchev–Trinajstić information content (AvgIpc) is 2.96. The van der Waals surface area contributed by atoms with Gasteiger partial charge in [0.2, 0.25) is 0 Å².